The molecule has 0 spiro atoms. The molecule has 5 aromatic carbocycles. The second-order valence-electron chi connectivity index (χ2n) is 28.1. The maximum Gasteiger partial charge on any atom is 0.426 e. The summed E-state index contributed by atoms with van der Waals surface area (Å²) in [5.74, 6) is -5.44. The number of ether oxygens (including phenoxy) is 6. The Morgan fingerprint density at radius 2 is 1.22 bits per heavy atom. The summed E-state index contributed by atoms with van der Waals surface area (Å²) in [6, 6.07) is 43.0. The summed E-state index contributed by atoms with van der Waals surface area (Å²) in [6.45, 7) is 27.6. The Morgan fingerprint density at radius 1 is 0.717 bits per heavy atom. The molecule has 2 N–H and O–H groups in total. The normalized spacial score (nSPS) is 22.8. The van der Waals surface area contributed by atoms with Gasteiger partial charge >= 0.3 is 36.0 Å². The third-order valence-corrected chi connectivity index (χ3v) is 22.8. The first-order valence-corrected chi connectivity index (χ1v) is 37.0. The number of rotatable bonds is 17. The lowest BCUT2D eigenvalue weighted by atomic mass is 9.78. The molecular formula is C77H99F3O17S2. The van der Waals surface area contributed by atoms with Crippen LogP contribution in [0, 0.1) is 39.9 Å². The molecule has 3 saturated carbocycles. The summed E-state index contributed by atoms with van der Waals surface area (Å²) < 4.78 is 103. The molecule has 5 fully saturated rings. The van der Waals surface area contributed by atoms with Gasteiger partial charge in [-0.3, -0.25) is 28.8 Å². The van der Waals surface area contributed by atoms with Gasteiger partial charge in [0.2, 0.25) is 15.9 Å². The van der Waals surface area contributed by atoms with Crippen molar-refractivity contribution in [2.75, 3.05) is 12.4 Å². The van der Waals surface area contributed by atoms with Gasteiger partial charge in [0.25, 0.3) is 0 Å². The maximum atomic E-state index is 13.1. The van der Waals surface area contributed by atoms with Crippen LogP contribution >= 0.6 is 0 Å². The molecule has 99 heavy (non-hydrogen) atoms. The maximum absolute atomic E-state index is 13.1. The molecule has 2 saturated heterocycles. The standard InChI is InChI=1S/C18H23F3O9S.C18H13OS.C13H20O.C11H18O3.C10H14O.C7H12O2/c1-4-17(2,3)16(24)30-13-8-5-7-11(15(23)29-12(7)13)10(8)14(22)28-9(18(19,20)21)6-31(25,26)27;1-2-8-14(9-3-1)20-17-12-6-4-10-15(17)19-16-11-5-7-13-18(16)20;1-5-10(2)11-6-8-12(9-7-11)13(3,4)14;1-4-11(2,3)10(13)14-9-7-5-6-8(9)12;1-3-8(2)9-4-6-10(11)7-5-9;1-3-7(2)4-5-9-6(7)8/h7-13H,4-6H2,1-3H3,(H,25,26,27);1-13H;6-10,14H,5H2,1-4H3;9H,4-7H2,1-3H3;4-8,11H,3H2,1-2H3;3-5H2,1-2H3/q;+1;;;;/p-1. The van der Waals surface area contributed by atoms with E-state index in [1.54, 1.807) is 32.9 Å². The van der Waals surface area contributed by atoms with Gasteiger partial charge in [-0.25, -0.2) is 8.42 Å². The zero-order valence-corrected chi connectivity index (χ0v) is 61.0. The number of hydrogen-bond donors (Lipinski definition) is 2. The van der Waals surface area contributed by atoms with E-state index in [1.807, 2.05) is 97.0 Å². The zero-order valence-electron chi connectivity index (χ0n) is 59.4. The Kier molecular flexibility index (Phi) is 28.0. The van der Waals surface area contributed by atoms with Crippen molar-refractivity contribution in [3.05, 3.63) is 144 Å². The number of hydrogen-bond acceptors (Lipinski definition) is 17. The van der Waals surface area contributed by atoms with Gasteiger partial charge < -0.3 is 43.2 Å². The van der Waals surface area contributed by atoms with Crippen molar-refractivity contribution >= 4 is 56.6 Å². The van der Waals surface area contributed by atoms with Crippen LogP contribution in [0.2, 0.25) is 0 Å². The Hall–Kier alpha value is -7.27. The fourth-order valence-electron chi connectivity index (χ4n) is 11.8. The van der Waals surface area contributed by atoms with Gasteiger partial charge in [-0.05, 0) is 183 Å². The summed E-state index contributed by atoms with van der Waals surface area (Å²) in [7, 11) is -5.44. The van der Waals surface area contributed by atoms with Crippen LogP contribution in [0.3, 0.4) is 0 Å². The average molecular weight is 1420 g/mol. The lowest BCUT2D eigenvalue weighted by Gasteiger charge is -2.33. The topological polar surface area (TPSA) is 255 Å². The van der Waals surface area contributed by atoms with Crippen LogP contribution in [-0.2, 0) is 79.1 Å². The van der Waals surface area contributed by atoms with Crippen LogP contribution in [-0.4, -0.2) is 102 Å². The van der Waals surface area contributed by atoms with E-state index in [2.05, 4.69) is 99.2 Å². The predicted molar refractivity (Wildman–Crippen MR) is 368 cm³/mol. The van der Waals surface area contributed by atoms with Gasteiger partial charge in [-0.15, -0.1) is 0 Å². The molecule has 0 aromatic heterocycles. The second-order valence-corrected chi connectivity index (χ2v) is 31.5. The molecule has 3 aliphatic carbocycles. The number of benzene rings is 5. The van der Waals surface area contributed by atoms with Crippen LogP contribution in [0.1, 0.15) is 190 Å². The Balaban J connectivity index is 0.000000198. The molecule has 3 aliphatic heterocycles. The number of para-hydroxylation sites is 2. The number of halogens is 3. The van der Waals surface area contributed by atoms with Gasteiger partial charge in [-0.2, -0.15) is 13.2 Å². The minimum atomic E-state index is -5.36. The first kappa shape index (κ1) is 80.7. The number of alkyl halides is 3. The van der Waals surface area contributed by atoms with Gasteiger partial charge in [-0.1, -0.05) is 127 Å². The highest BCUT2D eigenvalue weighted by Gasteiger charge is 2.71. The van der Waals surface area contributed by atoms with Crippen LogP contribution in [0.25, 0.3) is 0 Å². The van der Waals surface area contributed by atoms with Crippen molar-refractivity contribution in [2.24, 2.45) is 39.9 Å². The molecule has 2 bridgehead atoms. The predicted octanol–water partition coefficient (Wildman–Crippen LogP) is 15.8. The van der Waals surface area contributed by atoms with Crippen molar-refractivity contribution in [1.29, 1.82) is 0 Å². The van der Waals surface area contributed by atoms with E-state index >= 15 is 0 Å². The third kappa shape index (κ3) is 21.2. The van der Waals surface area contributed by atoms with Gasteiger partial charge in [0.15, 0.2) is 28.3 Å². The van der Waals surface area contributed by atoms with E-state index in [-0.39, 0.29) is 40.5 Å². The fourth-order valence-corrected chi connectivity index (χ4v) is 14.6. The van der Waals surface area contributed by atoms with Gasteiger partial charge in [0, 0.05) is 18.3 Å². The quantitative estimate of drug-likeness (QED) is 0.0372. The van der Waals surface area contributed by atoms with Crippen molar-refractivity contribution in [3.8, 4) is 17.2 Å². The number of ketones is 1. The number of cyclic esters (lactones) is 1. The minimum absolute atomic E-state index is 0.0231. The van der Waals surface area contributed by atoms with Crippen molar-refractivity contribution in [3.63, 3.8) is 0 Å². The molecule has 542 valence electrons. The van der Waals surface area contributed by atoms with Crippen LogP contribution < -0.4 is 4.74 Å². The molecule has 11 atom stereocenters. The van der Waals surface area contributed by atoms with Crippen molar-refractivity contribution in [1.82, 2.24) is 0 Å². The van der Waals surface area contributed by atoms with Gasteiger partial charge in [0.05, 0.1) is 56.2 Å². The Labute approximate surface area is 584 Å². The molecular weight excluding hydrogens is 1320 g/mol. The highest BCUT2D eigenvalue weighted by molar-refractivity contribution is 7.97. The van der Waals surface area contributed by atoms with E-state index in [0.717, 1.165) is 55.6 Å². The molecule has 11 unspecified atom stereocenters. The number of Topliss-reactive ketones (excluding diaryl/α,β-unsaturated/α-hetero) is 1. The molecule has 11 rings (SSSR count). The van der Waals surface area contributed by atoms with Crippen molar-refractivity contribution in [2.45, 2.75) is 224 Å². The number of phenolic OH excluding ortho intramolecular Hbond substituents is 1. The third-order valence-electron chi connectivity index (χ3n) is 19.8. The first-order valence-electron chi connectivity index (χ1n) is 34.1. The number of phenols is 1. The van der Waals surface area contributed by atoms with Crippen LogP contribution in [0.4, 0.5) is 13.2 Å². The average Bonchev–Trinajstić information content (AvgIpc) is 1.55. The zero-order chi connectivity index (χ0) is 73.6. The summed E-state index contributed by atoms with van der Waals surface area (Å²) in [5.41, 5.74) is 1.39. The molecule has 5 aromatic rings. The lowest BCUT2D eigenvalue weighted by molar-refractivity contribution is -0.220. The lowest BCUT2D eigenvalue weighted by Crippen LogP contribution is -2.47. The minimum Gasteiger partial charge on any atom is -0.748 e. The van der Waals surface area contributed by atoms with Crippen LogP contribution in [0.5, 0.6) is 17.2 Å². The van der Waals surface area contributed by atoms with Crippen molar-refractivity contribution < 1.29 is 93.5 Å². The fraction of sp³-hybridized carbons (Fsp3) is 0.532. The molecule has 3 heterocycles. The number of carbonyl (C=O) groups is 6. The number of carbonyl (C=O) groups excluding carboxylic acids is 6. The highest BCUT2D eigenvalue weighted by Crippen LogP contribution is 2.59. The summed E-state index contributed by atoms with van der Waals surface area (Å²) in [6.07, 6.45) is -3.22. The summed E-state index contributed by atoms with van der Waals surface area (Å²) >= 11 is 0. The molecule has 17 nitrogen and oxygen atoms in total. The highest BCUT2D eigenvalue weighted by atomic mass is 32.2. The number of fused-ring (bicyclic) bond motifs is 3. The smallest absolute Gasteiger partial charge is 0.426 e. The summed E-state index contributed by atoms with van der Waals surface area (Å²) in [4.78, 5) is 75.0. The molecule has 0 amide bonds. The molecule has 22 heteroatoms. The largest absolute Gasteiger partial charge is 0.748 e. The molecule has 0 radical (unpaired) electrons. The number of aliphatic hydroxyl groups is 1. The van der Waals surface area contributed by atoms with Gasteiger partial charge in [0.1, 0.15) is 28.9 Å². The van der Waals surface area contributed by atoms with E-state index in [1.165, 1.54) is 25.8 Å². The number of aromatic hydroxyl groups is 1. The van der Waals surface area contributed by atoms with Crippen LogP contribution in [0.15, 0.2) is 142 Å². The van der Waals surface area contributed by atoms with E-state index in [4.69, 9.17) is 28.8 Å². The second kappa shape index (κ2) is 34.4. The Bertz CT molecular complexity index is 3600. The number of esters is 5. The first-order chi connectivity index (χ1) is 46.3. The summed E-state index contributed by atoms with van der Waals surface area (Å²) in [5, 5.41) is 18.8. The van der Waals surface area contributed by atoms with E-state index in [0.29, 0.717) is 43.5 Å². The van der Waals surface area contributed by atoms with E-state index < -0.39 is 104 Å². The Morgan fingerprint density at radius 3 is 1.66 bits per heavy atom. The SMILES string of the molecule is CCC(C)(C)C(=O)OC1C2CC3C1OC(=O)C3C2C(=O)OC(CS(=O)(=O)[O-])C(F)(F)F.CCC(C)(C)C(=O)OC1CCCC1=O.CCC(C)c1ccc(C(C)(C)O)cc1.CCC(C)c1ccc(O)cc1.CCC1(C)CCOC1=O.c1ccc([S+]2c3ccccc3Oc3ccccc32)cc1. The van der Waals surface area contributed by atoms with E-state index in [9.17, 15) is 60.0 Å². The monoisotopic (exact) mass is 1420 g/mol. The molecule has 6 aliphatic rings.